The normalized spacial score (nSPS) is 10.4. The van der Waals surface area contributed by atoms with E-state index < -0.39 is 0 Å². The third-order valence-corrected chi connectivity index (χ3v) is 5.33. The first-order chi connectivity index (χ1) is 14.0. The van der Waals surface area contributed by atoms with Gasteiger partial charge in [-0.2, -0.15) is 0 Å². The number of nitrogens with zero attached hydrogens (tertiary/aromatic N) is 2. The van der Waals surface area contributed by atoms with Gasteiger partial charge in [0.05, 0.1) is 18.6 Å². The summed E-state index contributed by atoms with van der Waals surface area (Å²) < 4.78 is 5.29. The molecule has 0 saturated carbocycles. The molecule has 6 nitrogen and oxygen atoms in total. The summed E-state index contributed by atoms with van der Waals surface area (Å²) in [5.74, 6) is 1.38. The number of aromatic nitrogens is 2. The highest BCUT2D eigenvalue weighted by molar-refractivity contribution is 7.99. The Kier molecular flexibility index (Phi) is 7.32. The molecule has 3 rings (SSSR count). The number of hydrogen-bond acceptors (Lipinski definition) is 6. The second kappa shape index (κ2) is 10.1. The molecule has 3 aromatic rings. The molecule has 0 spiro atoms. The van der Waals surface area contributed by atoms with Gasteiger partial charge < -0.3 is 15.4 Å². The van der Waals surface area contributed by atoms with Crippen molar-refractivity contribution in [2.75, 3.05) is 23.5 Å². The van der Waals surface area contributed by atoms with E-state index in [-0.39, 0.29) is 11.7 Å². The molecule has 0 fully saturated rings. The molecule has 0 bridgehead atoms. The number of amides is 1. The number of nitrogens with one attached hydrogen (secondary N) is 2. The number of anilines is 2. The number of rotatable bonds is 8. The minimum absolute atomic E-state index is 0.136. The van der Waals surface area contributed by atoms with Crippen molar-refractivity contribution in [3.05, 3.63) is 71.0 Å². The number of halogens is 1. The molecule has 1 amide bonds. The van der Waals surface area contributed by atoms with Crippen molar-refractivity contribution in [2.24, 2.45) is 0 Å². The molecule has 1 heterocycles. The molecule has 150 valence electrons. The van der Waals surface area contributed by atoms with Crippen LogP contribution in [0, 0.1) is 6.92 Å². The fraction of sp³-hybridized carbons (Fsp3) is 0.190. The minimum atomic E-state index is -0.136. The predicted molar refractivity (Wildman–Crippen MR) is 118 cm³/mol. The van der Waals surface area contributed by atoms with Gasteiger partial charge in [0.2, 0.25) is 5.91 Å². The van der Waals surface area contributed by atoms with Crippen molar-refractivity contribution >= 4 is 40.8 Å². The van der Waals surface area contributed by atoms with Gasteiger partial charge >= 0.3 is 0 Å². The third-order valence-electron chi connectivity index (χ3n) is 4.04. The Balaban J connectivity index is 1.56. The first-order valence-electron chi connectivity index (χ1n) is 8.92. The quantitative estimate of drug-likeness (QED) is 0.397. The highest BCUT2D eigenvalue weighted by Crippen LogP contribution is 2.26. The summed E-state index contributed by atoms with van der Waals surface area (Å²) in [5, 5.41) is 7.51. The Morgan fingerprint density at radius 2 is 2.00 bits per heavy atom. The summed E-state index contributed by atoms with van der Waals surface area (Å²) >= 11 is 7.51. The van der Waals surface area contributed by atoms with Gasteiger partial charge in [-0.05, 0) is 36.2 Å². The number of aryl methyl sites for hydroxylation is 1. The van der Waals surface area contributed by atoms with Gasteiger partial charge in [0.25, 0.3) is 0 Å². The summed E-state index contributed by atoms with van der Waals surface area (Å²) in [4.78, 5) is 20.8. The SMILES string of the molecule is COc1ccc(C)cc1NC(=O)CSc1cc(NCc2ccccc2Cl)ncn1. The van der Waals surface area contributed by atoms with Crippen LogP contribution in [0.2, 0.25) is 5.02 Å². The number of carbonyl (C=O) groups excluding carboxylic acids is 1. The van der Waals surface area contributed by atoms with E-state index in [9.17, 15) is 4.79 Å². The lowest BCUT2D eigenvalue weighted by Crippen LogP contribution is -2.15. The van der Waals surface area contributed by atoms with Crippen LogP contribution >= 0.6 is 23.4 Å². The van der Waals surface area contributed by atoms with Crippen LogP contribution < -0.4 is 15.4 Å². The fourth-order valence-electron chi connectivity index (χ4n) is 2.59. The van der Waals surface area contributed by atoms with Gasteiger partial charge in [-0.3, -0.25) is 4.79 Å². The Hall–Kier alpha value is -2.77. The standard InChI is InChI=1S/C21H21ClN4O2S/c1-14-7-8-18(28-2)17(9-14)26-20(27)12-29-21-10-19(24-13-25-21)23-11-15-5-3-4-6-16(15)22/h3-10,13H,11-12H2,1-2H3,(H,26,27)(H,23,24,25). The average Bonchev–Trinajstić information content (AvgIpc) is 2.72. The second-order valence-corrected chi connectivity index (χ2v) is 7.63. The Morgan fingerprint density at radius 1 is 1.17 bits per heavy atom. The first kappa shape index (κ1) is 21.0. The van der Waals surface area contributed by atoms with Crippen LogP contribution in [0.1, 0.15) is 11.1 Å². The molecule has 0 aliphatic heterocycles. The molecule has 0 unspecified atom stereocenters. The summed E-state index contributed by atoms with van der Waals surface area (Å²) in [5.41, 5.74) is 2.68. The summed E-state index contributed by atoms with van der Waals surface area (Å²) in [7, 11) is 1.58. The maximum Gasteiger partial charge on any atom is 0.234 e. The zero-order valence-corrected chi connectivity index (χ0v) is 17.7. The van der Waals surface area contributed by atoms with E-state index >= 15 is 0 Å². The molecule has 29 heavy (non-hydrogen) atoms. The fourth-order valence-corrected chi connectivity index (χ4v) is 3.46. The van der Waals surface area contributed by atoms with Crippen molar-refractivity contribution < 1.29 is 9.53 Å². The molecule has 1 aromatic heterocycles. The summed E-state index contributed by atoms with van der Waals surface area (Å²) in [6.45, 7) is 2.51. The molecule has 0 saturated heterocycles. The highest BCUT2D eigenvalue weighted by atomic mass is 35.5. The van der Waals surface area contributed by atoms with Gasteiger partial charge in [-0.25, -0.2) is 9.97 Å². The summed E-state index contributed by atoms with van der Waals surface area (Å²) in [6, 6.07) is 15.1. The largest absolute Gasteiger partial charge is 0.495 e. The predicted octanol–water partition coefficient (Wildman–Crippen LogP) is 4.79. The number of methoxy groups -OCH3 is 1. The van der Waals surface area contributed by atoms with Gasteiger partial charge in [-0.15, -0.1) is 0 Å². The second-order valence-electron chi connectivity index (χ2n) is 6.23. The lowest BCUT2D eigenvalue weighted by atomic mass is 10.2. The molecule has 2 N–H and O–H groups in total. The molecule has 0 aliphatic rings. The van der Waals surface area contributed by atoms with Crippen molar-refractivity contribution in [3.63, 3.8) is 0 Å². The van der Waals surface area contributed by atoms with E-state index in [2.05, 4.69) is 20.6 Å². The molecule has 2 aromatic carbocycles. The third kappa shape index (κ3) is 6.10. The van der Waals surface area contributed by atoms with Crippen LogP contribution in [0.3, 0.4) is 0 Å². The van der Waals surface area contributed by atoms with Crippen LogP contribution in [0.15, 0.2) is 59.9 Å². The van der Waals surface area contributed by atoms with E-state index in [0.29, 0.717) is 33.8 Å². The maximum atomic E-state index is 12.3. The van der Waals surface area contributed by atoms with Crippen LogP contribution in [-0.2, 0) is 11.3 Å². The molecule has 8 heteroatoms. The maximum absolute atomic E-state index is 12.3. The number of thioether (sulfide) groups is 1. The average molecular weight is 429 g/mol. The van der Waals surface area contributed by atoms with E-state index in [0.717, 1.165) is 11.1 Å². The van der Waals surface area contributed by atoms with Crippen LogP contribution in [-0.4, -0.2) is 28.7 Å². The zero-order valence-electron chi connectivity index (χ0n) is 16.1. The Labute approximate surface area is 179 Å². The lowest BCUT2D eigenvalue weighted by Gasteiger charge is -2.11. The van der Waals surface area contributed by atoms with Gasteiger partial charge in [0.1, 0.15) is 22.9 Å². The van der Waals surface area contributed by atoms with E-state index in [1.54, 1.807) is 7.11 Å². The molecule has 0 radical (unpaired) electrons. The van der Waals surface area contributed by atoms with Crippen molar-refractivity contribution in [2.45, 2.75) is 18.5 Å². The molecular formula is C21H21ClN4O2S. The van der Waals surface area contributed by atoms with Crippen molar-refractivity contribution in [3.8, 4) is 5.75 Å². The summed E-state index contributed by atoms with van der Waals surface area (Å²) in [6.07, 6.45) is 1.47. The molecule has 0 aliphatic carbocycles. The Morgan fingerprint density at radius 3 is 2.79 bits per heavy atom. The van der Waals surface area contributed by atoms with Gasteiger partial charge in [0, 0.05) is 17.6 Å². The first-order valence-corrected chi connectivity index (χ1v) is 10.3. The van der Waals surface area contributed by atoms with Crippen molar-refractivity contribution in [1.29, 1.82) is 0 Å². The zero-order chi connectivity index (χ0) is 20.6. The number of hydrogen-bond donors (Lipinski definition) is 2. The van der Waals surface area contributed by atoms with Crippen LogP contribution in [0.5, 0.6) is 5.75 Å². The smallest absolute Gasteiger partial charge is 0.234 e. The van der Waals surface area contributed by atoms with Crippen LogP contribution in [0.4, 0.5) is 11.5 Å². The van der Waals surface area contributed by atoms with E-state index in [4.69, 9.17) is 16.3 Å². The van der Waals surface area contributed by atoms with E-state index in [1.807, 2.05) is 55.5 Å². The number of carbonyl (C=O) groups is 1. The van der Waals surface area contributed by atoms with Gasteiger partial charge in [0.15, 0.2) is 0 Å². The Bertz CT molecular complexity index is 1000. The van der Waals surface area contributed by atoms with Crippen LogP contribution in [0.25, 0.3) is 0 Å². The minimum Gasteiger partial charge on any atom is -0.495 e. The number of ether oxygens (including phenoxy) is 1. The van der Waals surface area contributed by atoms with E-state index in [1.165, 1.54) is 18.1 Å². The molecular weight excluding hydrogens is 408 g/mol. The molecule has 0 atom stereocenters. The van der Waals surface area contributed by atoms with Gasteiger partial charge in [-0.1, -0.05) is 47.6 Å². The topological polar surface area (TPSA) is 76.1 Å². The monoisotopic (exact) mass is 428 g/mol. The lowest BCUT2D eigenvalue weighted by molar-refractivity contribution is -0.113. The highest BCUT2D eigenvalue weighted by Gasteiger charge is 2.10. The number of benzene rings is 2. The van der Waals surface area contributed by atoms with Crippen molar-refractivity contribution in [1.82, 2.24) is 9.97 Å².